The van der Waals surface area contributed by atoms with E-state index in [9.17, 15) is 0 Å². The number of rotatable bonds is 7. The van der Waals surface area contributed by atoms with Crippen LogP contribution in [0.3, 0.4) is 0 Å². The summed E-state index contributed by atoms with van der Waals surface area (Å²) in [7, 11) is 0. The van der Waals surface area contributed by atoms with E-state index < -0.39 is 0 Å². The largest absolute Gasteiger partial charge is 0.291 e. The van der Waals surface area contributed by atoms with Crippen molar-refractivity contribution < 1.29 is 0 Å². The fourth-order valence-electron chi connectivity index (χ4n) is 3.02. The second-order valence-corrected chi connectivity index (χ2v) is 5.91. The number of piperidine rings is 1. The van der Waals surface area contributed by atoms with Gasteiger partial charge in [-0.15, -0.1) is 5.10 Å². The predicted molar refractivity (Wildman–Crippen MR) is 80.8 cm³/mol. The molecule has 1 aliphatic heterocycles. The third kappa shape index (κ3) is 3.68. The average Bonchev–Trinajstić information content (AvgIpc) is 3.19. The minimum Gasteiger partial charge on any atom is -0.291 e. The lowest BCUT2D eigenvalue weighted by molar-refractivity contribution is 0.116. The Morgan fingerprint density at radius 3 is 3.09 bits per heavy atom. The summed E-state index contributed by atoms with van der Waals surface area (Å²) in [6, 6.07) is 0.478. The summed E-state index contributed by atoms with van der Waals surface area (Å²) in [4.78, 5) is 6.52. The molecule has 2 aromatic rings. The van der Waals surface area contributed by atoms with Crippen molar-refractivity contribution in [2.45, 2.75) is 64.7 Å². The molecule has 1 atom stereocenters. The molecule has 0 radical (unpaired) electrons. The molecule has 1 aliphatic rings. The molecule has 2 aromatic heterocycles. The molecule has 3 rings (SSSR count). The molecule has 0 saturated carbocycles. The van der Waals surface area contributed by atoms with Gasteiger partial charge in [0, 0.05) is 12.6 Å². The van der Waals surface area contributed by atoms with Crippen molar-refractivity contribution in [2.75, 3.05) is 6.54 Å². The first-order chi connectivity index (χ1) is 10.9. The monoisotopic (exact) mass is 304 g/mol. The third-order valence-electron chi connectivity index (χ3n) is 4.29. The molecule has 1 unspecified atom stereocenters. The third-order valence-corrected chi connectivity index (χ3v) is 4.29. The predicted octanol–water partition coefficient (Wildman–Crippen LogP) is 1.12. The molecule has 3 heterocycles. The van der Waals surface area contributed by atoms with E-state index in [0.29, 0.717) is 6.04 Å². The van der Waals surface area contributed by atoms with Gasteiger partial charge in [0.25, 0.3) is 0 Å². The lowest BCUT2D eigenvalue weighted by Crippen LogP contribution is -2.42. The number of tetrazole rings is 1. The Balaban J connectivity index is 1.65. The summed E-state index contributed by atoms with van der Waals surface area (Å²) in [5.74, 6) is 0.971. The van der Waals surface area contributed by atoms with Crippen LogP contribution in [0, 0.1) is 0 Å². The van der Waals surface area contributed by atoms with Crippen molar-refractivity contribution in [2.24, 2.45) is 0 Å². The molecule has 0 aliphatic carbocycles. The quantitative estimate of drug-likeness (QED) is 0.763. The Hall–Kier alpha value is -1.83. The number of unbranched alkanes of at least 4 members (excludes halogenated alkanes) is 1. The van der Waals surface area contributed by atoms with Crippen LogP contribution in [0.4, 0.5) is 0 Å². The van der Waals surface area contributed by atoms with E-state index in [2.05, 4.69) is 37.4 Å². The fraction of sp³-hybridized carbons (Fsp3) is 0.786. The number of hydrogen-bond donors (Lipinski definition) is 0. The first-order valence-corrected chi connectivity index (χ1v) is 8.18. The molecule has 0 aromatic carbocycles. The summed E-state index contributed by atoms with van der Waals surface area (Å²) < 4.78 is 3.87. The SMILES string of the molecule is CCCCn1nnnc1CN1CCCCC1Cn1cncn1. The molecular formula is C14H24N8. The van der Waals surface area contributed by atoms with Gasteiger partial charge in [-0.25, -0.2) is 9.67 Å². The molecule has 120 valence electrons. The highest BCUT2D eigenvalue weighted by Crippen LogP contribution is 2.20. The van der Waals surface area contributed by atoms with E-state index in [1.54, 1.807) is 12.7 Å². The number of aromatic nitrogens is 7. The second kappa shape index (κ2) is 7.44. The van der Waals surface area contributed by atoms with E-state index in [1.807, 2.05) is 9.36 Å². The van der Waals surface area contributed by atoms with Crippen molar-refractivity contribution >= 4 is 0 Å². The zero-order valence-electron chi connectivity index (χ0n) is 13.2. The van der Waals surface area contributed by atoms with E-state index in [-0.39, 0.29) is 0 Å². The van der Waals surface area contributed by atoms with Gasteiger partial charge in [-0.2, -0.15) is 5.10 Å². The van der Waals surface area contributed by atoms with Crippen LogP contribution in [-0.2, 0) is 19.6 Å². The lowest BCUT2D eigenvalue weighted by Gasteiger charge is -2.35. The first kappa shape index (κ1) is 15.1. The van der Waals surface area contributed by atoms with Gasteiger partial charge in [0.15, 0.2) is 5.82 Å². The lowest BCUT2D eigenvalue weighted by atomic mass is 10.0. The van der Waals surface area contributed by atoms with Crippen LogP contribution in [-0.4, -0.2) is 52.5 Å². The Morgan fingerprint density at radius 2 is 2.27 bits per heavy atom. The van der Waals surface area contributed by atoms with Crippen LogP contribution >= 0.6 is 0 Å². The van der Waals surface area contributed by atoms with Crippen molar-refractivity contribution in [3.63, 3.8) is 0 Å². The van der Waals surface area contributed by atoms with Gasteiger partial charge in [-0.1, -0.05) is 19.8 Å². The molecule has 8 heteroatoms. The standard InChI is InChI=1S/C14H24N8/c1-2-3-8-22-14(17-18-19-22)10-20-7-5-4-6-13(20)9-21-12-15-11-16-21/h11-13H,2-10H2,1H3. The van der Waals surface area contributed by atoms with Gasteiger partial charge in [0.05, 0.1) is 13.1 Å². The van der Waals surface area contributed by atoms with E-state index in [4.69, 9.17) is 0 Å². The molecule has 0 N–H and O–H groups in total. The van der Waals surface area contributed by atoms with Gasteiger partial charge in [-0.05, 0) is 36.2 Å². The average molecular weight is 304 g/mol. The number of hydrogen-bond acceptors (Lipinski definition) is 6. The Morgan fingerprint density at radius 1 is 1.32 bits per heavy atom. The van der Waals surface area contributed by atoms with Crippen LogP contribution in [0.1, 0.15) is 44.9 Å². The molecule has 0 bridgehead atoms. The first-order valence-electron chi connectivity index (χ1n) is 8.18. The van der Waals surface area contributed by atoms with Crippen LogP contribution in [0.15, 0.2) is 12.7 Å². The number of likely N-dealkylation sites (tertiary alicyclic amines) is 1. The highest BCUT2D eigenvalue weighted by Gasteiger charge is 2.24. The topological polar surface area (TPSA) is 77.5 Å². The van der Waals surface area contributed by atoms with Crippen LogP contribution in [0.25, 0.3) is 0 Å². The van der Waals surface area contributed by atoms with Gasteiger partial charge >= 0.3 is 0 Å². The molecule has 22 heavy (non-hydrogen) atoms. The summed E-state index contributed by atoms with van der Waals surface area (Å²) >= 11 is 0. The van der Waals surface area contributed by atoms with E-state index >= 15 is 0 Å². The van der Waals surface area contributed by atoms with E-state index in [1.165, 1.54) is 19.3 Å². The number of nitrogens with zero attached hydrogens (tertiary/aromatic N) is 8. The van der Waals surface area contributed by atoms with Crippen LogP contribution < -0.4 is 0 Å². The van der Waals surface area contributed by atoms with Crippen molar-refractivity contribution in [3.8, 4) is 0 Å². The minimum atomic E-state index is 0.478. The van der Waals surface area contributed by atoms with Gasteiger partial charge in [-0.3, -0.25) is 9.58 Å². The maximum Gasteiger partial charge on any atom is 0.165 e. The Labute approximate surface area is 130 Å². The summed E-state index contributed by atoms with van der Waals surface area (Å²) in [5.41, 5.74) is 0. The molecule has 1 saturated heterocycles. The minimum absolute atomic E-state index is 0.478. The normalized spacial score (nSPS) is 19.6. The van der Waals surface area contributed by atoms with Crippen LogP contribution in [0.5, 0.6) is 0 Å². The highest BCUT2D eigenvalue weighted by atomic mass is 15.5. The molecular weight excluding hydrogens is 280 g/mol. The zero-order chi connectivity index (χ0) is 15.2. The van der Waals surface area contributed by atoms with Gasteiger partial charge < -0.3 is 0 Å². The molecule has 0 spiro atoms. The summed E-state index contributed by atoms with van der Waals surface area (Å²) in [6.07, 6.45) is 9.35. The van der Waals surface area contributed by atoms with Gasteiger partial charge in [0.1, 0.15) is 12.7 Å². The summed E-state index contributed by atoms with van der Waals surface area (Å²) in [6.45, 7) is 5.88. The fourth-order valence-corrected chi connectivity index (χ4v) is 3.02. The summed E-state index contributed by atoms with van der Waals surface area (Å²) in [5, 5.41) is 16.4. The Kier molecular flexibility index (Phi) is 5.10. The Bertz CT molecular complexity index is 549. The molecule has 0 amide bonds. The van der Waals surface area contributed by atoms with Crippen molar-refractivity contribution in [1.29, 1.82) is 0 Å². The molecule has 1 fully saturated rings. The maximum absolute atomic E-state index is 4.23. The second-order valence-electron chi connectivity index (χ2n) is 5.91. The zero-order valence-corrected chi connectivity index (χ0v) is 13.2. The molecule has 8 nitrogen and oxygen atoms in total. The maximum atomic E-state index is 4.23. The van der Waals surface area contributed by atoms with Crippen molar-refractivity contribution in [1.82, 2.24) is 39.9 Å². The highest BCUT2D eigenvalue weighted by molar-refractivity contribution is 4.86. The number of aryl methyl sites for hydroxylation is 1. The van der Waals surface area contributed by atoms with Gasteiger partial charge in [0.2, 0.25) is 0 Å². The smallest absolute Gasteiger partial charge is 0.165 e. The van der Waals surface area contributed by atoms with E-state index in [0.717, 1.165) is 44.8 Å². The van der Waals surface area contributed by atoms with Crippen molar-refractivity contribution in [3.05, 3.63) is 18.5 Å². The van der Waals surface area contributed by atoms with Crippen LogP contribution in [0.2, 0.25) is 0 Å².